The fraction of sp³-hybridized carbons (Fsp3) is 0.333. The number of aliphatic imine (C=N–C) groups is 1. The second-order valence-electron chi connectivity index (χ2n) is 4.79. The molecule has 8 heteroatoms. The Morgan fingerprint density at radius 1 is 1.35 bits per heavy atom. The Hall–Kier alpha value is -1.80. The molecule has 2 aromatic rings. The minimum atomic E-state index is -0.0601. The molecule has 3 rings (SSSR count). The average molecular weight is 347 g/mol. The van der Waals surface area contributed by atoms with Gasteiger partial charge in [-0.1, -0.05) is 53.9 Å². The molecule has 0 saturated carbocycles. The van der Waals surface area contributed by atoms with Crippen LogP contribution >= 0.6 is 23.5 Å². The van der Waals surface area contributed by atoms with Crippen molar-refractivity contribution in [2.45, 2.75) is 18.6 Å². The summed E-state index contributed by atoms with van der Waals surface area (Å²) in [5.41, 5.74) is 1.02. The van der Waals surface area contributed by atoms with Gasteiger partial charge in [0.2, 0.25) is 5.91 Å². The molecular weight excluding hydrogens is 330 g/mol. The molecule has 0 atom stereocenters. The molecule has 1 aliphatic heterocycles. The minimum absolute atomic E-state index is 0.0601. The van der Waals surface area contributed by atoms with Crippen molar-refractivity contribution in [2.24, 2.45) is 4.99 Å². The van der Waals surface area contributed by atoms with Crippen molar-refractivity contribution in [2.75, 3.05) is 18.1 Å². The van der Waals surface area contributed by atoms with Crippen LogP contribution < -0.4 is 5.32 Å². The Bertz CT molecular complexity index is 714. The van der Waals surface area contributed by atoms with Gasteiger partial charge >= 0.3 is 0 Å². The number of amides is 1. The Morgan fingerprint density at radius 2 is 2.17 bits per heavy atom. The highest BCUT2D eigenvalue weighted by atomic mass is 32.2. The maximum atomic E-state index is 12.0. The first-order chi connectivity index (χ1) is 11.3. The third kappa shape index (κ3) is 3.94. The van der Waals surface area contributed by atoms with E-state index in [4.69, 9.17) is 0 Å². The number of nitrogens with zero attached hydrogens (tertiary/aromatic N) is 4. The highest BCUT2D eigenvalue weighted by Gasteiger charge is 2.16. The lowest BCUT2D eigenvalue weighted by Crippen LogP contribution is -2.29. The van der Waals surface area contributed by atoms with Crippen molar-refractivity contribution in [3.63, 3.8) is 0 Å². The van der Waals surface area contributed by atoms with Crippen LogP contribution in [0.4, 0.5) is 0 Å². The number of hydrogen-bond donors (Lipinski definition) is 1. The van der Waals surface area contributed by atoms with Gasteiger partial charge in [-0.15, -0.1) is 10.2 Å². The van der Waals surface area contributed by atoms with Gasteiger partial charge in [0.05, 0.1) is 12.3 Å². The van der Waals surface area contributed by atoms with Gasteiger partial charge < -0.3 is 9.88 Å². The van der Waals surface area contributed by atoms with Crippen LogP contribution in [0.15, 0.2) is 40.5 Å². The van der Waals surface area contributed by atoms with Gasteiger partial charge in [-0.3, -0.25) is 9.79 Å². The Kier molecular flexibility index (Phi) is 5.35. The van der Waals surface area contributed by atoms with Crippen LogP contribution in [0.2, 0.25) is 0 Å². The van der Waals surface area contributed by atoms with Gasteiger partial charge in [-0.05, 0) is 6.92 Å². The highest BCUT2D eigenvalue weighted by Crippen LogP contribution is 2.23. The number of carbonyl (C=O) groups excluding carboxylic acids is 1. The van der Waals surface area contributed by atoms with Gasteiger partial charge in [0, 0.05) is 17.9 Å². The van der Waals surface area contributed by atoms with Crippen LogP contribution in [0.1, 0.15) is 6.92 Å². The zero-order valence-electron chi connectivity index (χ0n) is 12.7. The van der Waals surface area contributed by atoms with Gasteiger partial charge in [-0.25, -0.2) is 0 Å². The van der Waals surface area contributed by atoms with E-state index >= 15 is 0 Å². The molecule has 0 bridgehead atoms. The lowest BCUT2D eigenvalue weighted by atomic mass is 10.2. The zero-order valence-corrected chi connectivity index (χ0v) is 14.4. The molecule has 1 N–H and O–H groups in total. The van der Waals surface area contributed by atoms with E-state index in [1.54, 1.807) is 11.8 Å². The van der Waals surface area contributed by atoms with Gasteiger partial charge in [0.25, 0.3) is 0 Å². The van der Waals surface area contributed by atoms with Crippen molar-refractivity contribution >= 4 is 34.6 Å². The van der Waals surface area contributed by atoms with Crippen molar-refractivity contribution in [3.05, 3.63) is 30.3 Å². The number of hydrogen-bond acceptors (Lipinski definition) is 6. The monoisotopic (exact) mass is 347 g/mol. The first-order valence-corrected chi connectivity index (χ1v) is 9.33. The Balaban J connectivity index is 1.66. The summed E-state index contributed by atoms with van der Waals surface area (Å²) in [6.07, 6.45) is 0. The maximum absolute atomic E-state index is 12.0. The smallest absolute Gasteiger partial charge is 0.236 e. The number of aromatic nitrogens is 3. The summed E-state index contributed by atoms with van der Waals surface area (Å²) in [5, 5.41) is 12.8. The maximum Gasteiger partial charge on any atom is 0.236 e. The zero-order chi connectivity index (χ0) is 16.1. The number of rotatable bonds is 5. The van der Waals surface area contributed by atoms with Gasteiger partial charge in [-0.2, -0.15) is 0 Å². The molecule has 0 radical (unpaired) electrons. The molecular formula is C15H17N5OS2. The molecule has 1 aromatic heterocycles. The van der Waals surface area contributed by atoms with E-state index in [2.05, 4.69) is 20.5 Å². The second-order valence-corrected chi connectivity index (χ2v) is 6.81. The average Bonchev–Trinajstić information content (AvgIpc) is 3.22. The Morgan fingerprint density at radius 3 is 2.87 bits per heavy atom. The molecule has 1 aliphatic rings. The molecule has 6 nitrogen and oxygen atoms in total. The SMILES string of the molecule is CCn1c(SCC(=O)NC2=NCCS2)nnc1-c1ccccc1. The van der Waals surface area contributed by atoms with Crippen LogP contribution in [0.25, 0.3) is 11.4 Å². The van der Waals surface area contributed by atoms with E-state index in [9.17, 15) is 4.79 Å². The van der Waals surface area contributed by atoms with Crippen molar-refractivity contribution in [1.82, 2.24) is 20.1 Å². The summed E-state index contributed by atoms with van der Waals surface area (Å²) < 4.78 is 2.02. The standard InChI is InChI=1S/C15H17N5OS2/c1-2-20-13(11-6-4-3-5-7-11)18-19-15(20)23-10-12(21)17-14-16-8-9-22-14/h3-7H,2,8-10H2,1H3,(H,16,17,21). The Labute approximate surface area is 143 Å². The summed E-state index contributed by atoms with van der Waals surface area (Å²) in [5.74, 6) is 2.00. The molecule has 120 valence electrons. The van der Waals surface area contributed by atoms with Crippen LogP contribution in [-0.4, -0.2) is 43.9 Å². The number of carbonyl (C=O) groups is 1. The lowest BCUT2D eigenvalue weighted by Gasteiger charge is -2.07. The number of nitrogens with one attached hydrogen (secondary N) is 1. The molecule has 0 spiro atoms. The van der Waals surface area contributed by atoms with Crippen LogP contribution in [0.5, 0.6) is 0 Å². The molecule has 2 heterocycles. The van der Waals surface area contributed by atoms with Gasteiger partial charge in [0.15, 0.2) is 16.1 Å². The van der Waals surface area contributed by atoms with Crippen molar-refractivity contribution in [3.8, 4) is 11.4 Å². The number of thioether (sulfide) groups is 2. The minimum Gasteiger partial charge on any atom is -0.305 e. The number of amidine groups is 1. The summed E-state index contributed by atoms with van der Waals surface area (Å²) >= 11 is 2.97. The molecule has 0 unspecified atom stereocenters. The second kappa shape index (κ2) is 7.65. The number of benzene rings is 1. The van der Waals surface area contributed by atoms with E-state index in [1.165, 1.54) is 11.8 Å². The van der Waals surface area contributed by atoms with E-state index in [1.807, 2.05) is 41.8 Å². The predicted octanol–water partition coefficient (Wildman–Crippen LogP) is 2.28. The quantitative estimate of drug-likeness (QED) is 0.840. The van der Waals surface area contributed by atoms with E-state index in [0.29, 0.717) is 5.75 Å². The third-order valence-electron chi connectivity index (χ3n) is 3.23. The third-order valence-corrected chi connectivity index (χ3v) is 5.09. The fourth-order valence-electron chi connectivity index (χ4n) is 2.18. The van der Waals surface area contributed by atoms with E-state index < -0.39 is 0 Å². The topological polar surface area (TPSA) is 72.2 Å². The van der Waals surface area contributed by atoms with E-state index in [-0.39, 0.29) is 5.91 Å². The van der Waals surface area contributed by atoms with Crippen molar-refractivity contribution < 1.29 is 4.79 Å². The molecule has 23 heavy (non-hydrogen) atoms. The highest BCUT2D eigenvalue weighted by molar-refractivity contribution is 8.14. The lowest BCUT2D eigenvalue weighted by molar-refractivity contribution is -0.117. The first kappa shape index (κ1) is 16.1. The van der Waals surface area contributed by atoms with Crippen molar-refractivity contribution in [1.29, 1.82) is 0 Å². The van der Waals surface area contributed by atoms with Crippen LogP contribution in [-0.2, 0) is 11.3 Å². The van der Waals surface area contributed by atoms with Crippen LogP contribution in [0.3, 0.4) is 0 Å². The predicted molar refractivity (Wildman–Crippen MR) is 94.8 cm³/mol. The summed E-state index contributed by atoms with van der Waals surface area (Å²) in [6.45, 7) is 3.57. The largest absolute Gasteiger partial charge is 0.305 e. The summed E-state index contributed by atoms with van der Waals surface area (Å²) in [4.78, 5) is 16.2. The summed E-state index contributed by atoms with van der Waals surface area (Å²) in [7, 11) is 0. The van der Waals surface area contributed by atoms with E-state index in [0.717, 1.165) is 40.6 Å². The molecule has 1 aromatic carbocycles. The molecule has 0 aliphatic carbocycles. The fourth-order valence-corrected chi connectivity index (χ4v) is 3.72. The normalized spacial score (nSPS) is 13.9. The molecule has 0 fully saturated rings. The molecule has 0 saturated heterocycles. The first-order valence-electron chi connectivity index (χ1n) is 7.36. The summed E-state index contributed by atoms with van der Waals surface area (Å²) in [6, 6.07) is 9.94. The molecule has 1 amide bonds. The van der Waals surface area contributed by atoms with Gasteiger partial charge in [0.1, 0.15) is 0 Å². The van der Waals surface area contributed by atoms with Crippen LogP contribution in [0, 0.1) is 0 Å².